The second-order valence-electron chi connectivity index (χ2n) is 3.07. The summed E-state index contributed by atoms with van der Waals surface area (Å²) in [4.78, 5) is 13.1. The molecule has 2 atom stereocenters. The van der Waals surface area contributed by atoms with Crippen molar-refractivity contribution in [2.45, 2.75) is 18.6 Å². The first kappa shape index (κ1) is 9.48. The van der Waals surface area contributed by atoms with Crippen LogP contribution in [0.1, 0.15) is 6.42 Å². The highest BCUT2D eigenvalue weighted by Gasteiger charge is 2.34. The molecule has 0 N–H and O–H groups in total. The van der Waals surface area contributed by atoms with Gasteiger partial charge in [-0.15, -0.1) is 0 Å². The Bertz CT molecular complexity index is 172. The molecule has 0 radical (unpaired) electrons. The number of likely N-dealkylation sites (N-methyl/N-ethyl adjacent to an activating group) is 1. The Morgan fingerprint density at radius 2 is 2.17 bits per heavy atom. The molecule has 1 fully saturated rings. The maximum Gasteiger partial charge on any atom is 0.323 e. The average molecular weight is 173 g/mol. The molecule has 1 rings (SSSR count). The van der Waals surface area contributed by atoms with E-state index in [0.717, 1.165) is 13.0 Å². The van der Waals surface area contributed by atoms with E-state index in [1.54, 1.807) is 7.11 Å². The summed E-state index contributed by atoms with van der Waals surface area (Å²) in [6, 6.07) is -0.125. The summed E-state index contributed by atoms with van der Waals surface area (Å²) in [5, 5.41) is 0. The van der Waals surface area contributed by atoms with Gasteiger partial charge in [0.15, 0.2) is 0 Å². The van der Waals surface area contributed by atoms with Crippen LogP contribution in [-0.4, -0.2) is 50.8 Å². The Morgan fingerprint density at radius 3 is 2.58 bits per heavy atom. The minimum absolute atomic E-state index is 0.125. The summed E-state index contributed by atoms with van der Waals surface area (Å²) in [5.41, 5.74) is 0. The van der Waals surface area contributed by atoms with Crippen LogP contribution in [0.25, 0.3) is 0 Å². The molecule has 4 heteroatoms. The molecule has 0 bridgehead atoms. The van der Waals surface area contributed by atoms with E-state index in [1.807, 2.05) is 11.9 Å². The maximum absolute atomic E-state index is 11.2. The Morgan fingerprint density at radius 1 is 1.50 bits per heavy atom. The van der Waals surface area contributed by atoms with Crippen molar-refractivity contribution in [3.63, 3.8) is 0 Å². The molecule has 1 heterocycles. The molecular weight excluding hydrogens is 158 g/mol. The second kappa shape index (κ2) is 3.87. The van der Waals surface area contributed by atoms with Crippen molar-refractivity contribution in [1.29, 1.82) is 0 Å². The van der Waals surface area contributed by atoms with Crippen molar-refractivity contribution in [3.8, 4) is 0 Å². The predicted molar refractivity (Wildman–Crippen MR) is 43.8 cm³/mol. The number of hydrogen-bond acceptors (Lipinski definition) is 4. The number of esters is 1. The summed E-state index contributed by atoms with van der Waals surface area (Å²) in [6.45, 7) is 0.802. The topological polar surface area (TPSA) is 38.8 Å². The Hall–Kier alpha value is -0.610. The molecule has 0 saturated carbocycles. The van der Waals surface area contributed by atoms with Gasteiger partial charge in [-0.3, -0.25) is 9.69 Å². The standard InChI is InChI=1S/C8H15NO3/c1-9-5-6(11-2)4-7(9)8(10)12-3/h6-7H,4-5H2,1-3H3/t6?,7-/m0/s1. The highest BCUT2D eigenvalue weighted by Crippen LogP contribution is 2.18. The van der Waals surface area contributed by atoms with Gasteiger partial charge in [0, 0.05) is 20.1 Å². The van der Waals surface area contributed by atoms with Crippen molar-refractivity contribution >= 4 is 5.97 Å². The largest absolute Gasteiger partial charge is 0.468 e. The molecule has 0 spiro atoms. The molecular formula is C8H15NO3. The van der Waals surface area contributed by atoms with Crippen molar-refractivity contribution < 1.29 is 14.3 Å². The van der Waals surface area contributed by atoms with Gasteiger partial charge in [-0.05, 0) is 7.05 Å². The molecule has 0 aromatic heterocycles. The fourth-order valence-corrected chi connectivity index (χ4v) is 1.53. The van der Waals surface area contributed by atoms with E-state index in [2.05, 4.69) is 4.74 Å². The van der Waals surface area contributed by atoms with Crippen LogP contribution >= 0.6 is 0 Å². The van der Waals surface area contributed by atoms with Crippen LogP contribution in [0.15, 0.2) is 0 Å². The van der Waals surface area contributed by atoms with Crippen molar-refractivity contribution in [1.82, 2.24) is 4.90 Å². The molecule has 0 aromatic rings. The molecule has 12 heavy (non-hydrogen) atoms. The van der Waals surface area contributed by atoms with Gasteiger partial charge in [0.25, 0.3) is 0 Å². The number of hydrogen-bond donors (Lipinski definition) is 0. The summed E-state index contributed by atoms with van der Waals surface area (Å²) >= 11 is 0. The van der Waals surface area contributed by atoms with Crippen molar-refractivity contribution in [3.05, 3.63) is 0 Å². The van der Waals surface area contributed by atoms with Crippen LogP contribution in [0.2, 0.25) is 0 Å². The molecule has 0 aromatic carbocycles. The van der Waals surface area contributed by atoms with Gasteiger partial charge < -0.3 is 9.47 Å². The normalized spacial score (nSPS) is 30.6. The summed E-state index contributed by atoms with van der Waals surface area (Å²) < 4.78 is 9.82. The first-order valence-corrected chi connectivity index (χ1v) is 4.00. The number of rotatable bonds is 2. The summed E-state index contributed by atoms with van der Waals surface area (Å²) in [6.07, 6.45) is 0.902. The summed E-state index contributed by atoms with van der Waals surface area (Å²) in [7, 11) is 4.98. The van der Waals surface area contributed by atoms with E-state index in [0.29, 0.717) is 0 Å². The van der Waals surface area contributed by atoms with Gasteiger partial charge in [0.2, 0.25) is 0 Å². The zero-order valence-electron chi connectivity index (χ0n) is 7.74. The number of nitrogens with zero attached hydrogens (tertiary/aromatic N) is 1. The minimum Gasteiger partial charge on any atom is -0.468 e. The van der Waals surface area contributed by atoms with E-state index in [9.17, 15) is 4.79 Å². The molecule has 1 unspecified atom stereocenters. The average Bonchev–Trinajstić information content (AvgIpc) is 2.45. The van der Waals surface area contributed by atoms with Gasteiger partial charge in [-0.1, -0.05) is 0 Å². The quantitative estimate of drug-likeness (QED) is 0.546. The predicted octanol–water partition coefficient (Wildman–Crippen LogP) is -0.122. The lowest BCUT2D eigenvalue weighted by Gasteiger charge is -2.15. The van der Waals surface area contributed by atoms with Crippen LogP contribution in [-0.2, 0) is 14.3 Å². The van der Waals surface area contributed by atoms with Gasteiger partial charge >= 0.3 is 5.97 Å². The monoisotopic (exact) mass is 173 g/mol. The van der Waals surface area contributed by atoms with Gasteiger partial charge in [0.1, 0.15) is 6.04 Å². The smallest absolute Gasteiger partial charge is 0.323 e. The maximum atomic E-state index is 11.2. The van der Waals surface area contributed by atoms with E-state index in [-0.39, 0.29) is 18.1 Å². The second-order valence-corrected chi connectivity index (χ2v) is 3.07. The van der Waals surface area contributed by atoms with Crippen LogP contribution in [0, 0.1) is 0 Å². The van der Waals surface area contributed by atoms with Crippen LogP contribution < -0.4 is 0 Å². The van der Waals surface area contributed by atoms with Crippen LogP contribution in [0.5, 0.6) is 0 Å². The van der Waals surface area contributed by atoms with Crippen molar-refractivity contribution in [2.24, 2.45) is 0 Å². The molecule has 0 aliphatic carbocycles. The first-order valence-electron chi connectivity index (χ1n) is 4.00. The molecule has 1 aliphatic rings. The lowest BCUT2D eigenvalue weighted by Crippen LogP contribution is -2.33. The number of methoxy groups -OCH3 is 2. The zero-order chi connectivity index (χ0) is 9.14. The van der Waals surface area contributed by atoms with Gasteiger partial charge in [0.05, 0.1) is 13.2 Å². The minimum atomic E-state index is -0.169. The molecule has 1 saturated heterocycles. The molecule has 0 amide bonds. The Balaban J connectivity index is 2.51. The van der Waals surface area contributed by atoms with Crippen molar-refractivity contribution in [2.75, 3.05) is 27.8 Å². The third kappa shape index (κ3) is 1.76. The van der Waals surface area contributed by atoms with Crippen LogP contribution in [0.3, 0.4) is 0 Å². The number of likely N-dealkylation sites (tertiary alicyclic amines) is 1. The number of ether oxygens (including phenoxy) is 2. The van der Waals surface area contributed by atoms with E-state index in [4.69, 9.17) is 4.74 Å². The SMILES string of the molecule is COC(=O)[C@@H]1CC(OC)CN1C. The van der Waals surface area contributed by atoms with Gasteiger partial charge in [-0.25, -0.2) is 0 Å². The lowest BCUT2D eigenvalue weighted by atomic mass is 10.2. The fourth-order valence-electron chi connectivity index (χ4n) is 1.53. The van der Waals surface area contributed by atoms with Gasteiger partial charge in [-0.2, -0.15) is 0 Å². The fraction of sp³-hybridized carbons (Fsp3) is 0.875. The van der Waals surface area contributed by atoms with E-state index < -0.39 is 0 Å². The molecule has 70 valence electrons. The summed E-state index contributed by atoms with van der Waals surface area (Å²) in [5.74, 6) is -0.169. The molecule has 4 nitrogen and oxygen atoms in total. The third-order valence-corrected chi connectivity index (χ3v) is 2.32. The van der Waals surface area contributed by atoms with E-state index in [1.165, 1.54) is 7.11 Å². The highest BCUT2D eigenvalue weighted by molar-refractivity contribution is 5.76. The zero-order valence-corrected chi connectivity index (χ0v) is 7.74. The lowest BCUT2D eigenvalue weighted by molar-refractivity contribution is -0.145. The third-order valence-electron chi connectivity index (χ3n) is 2.32. The van der Waals surface area contributed by atoms with Crippen LogP contribution in [0.4, 0.5) is 0 Å². The van der Waals surface area contributed by atoms with E-state index >= 15 is 0 Å². The number of carbonyl (C=O) groups is 1. The Kier molecular flexibility index (Phi) is 3.05. The Labute approximate surface area is 72.4 Å². The number of carbonyl (C=O) groups excluding carboxylic acids is 1. The first-order chi connectivity index (χ1) is 5.69. The molecule has 1 aliphatic heterocycles. The highest BCUT2D eigenvalue weighted by atomic mass is 16.5.